The van der Waals surface area contributed by atoms with Crippen LogP contribution >= 0.6 is 0 Å². The average Bonchev–Trinajstić information content (AvgIpc) is 2.81. The first-order valence-corrected chi connectivity index (χ1v) is 3.66. The average molecular weight is 153 g/mol. The lowest BCUT2D eigenvalue weighted by molar-refractivity contribution is -0.116. The first-order valence-electron chi connectivity index (χ1n) is 3.66. The fourth-order valence-corrected chi connectivity index (χ4v) is 0.896. The normalized spacial score (nSPS) is 18.5. The maximum atomic E-state index is 10.5. The molecule has 0 aromatic heterocycles. The van der Waals surface area contributed by atoms with Gasteiger partial charge in [-0.15, -0.1) is 6.42 Å². The van der Waals surface area contributed by atoms with E-state index in [2.05, 4.69) is 5.32 Å². The molecule has 1 aliphatic carbocycles. The highest BCUT2D eigenvalue weighted by Gasteiger charge is 2.29. The Kier molecular flexibility index (Phi) is 2.50. The van der Waals surface area contributed by atoms with E-state index >= 15 is 0 Å². The molecule has 1 fully saturated rings. The highest BCUT2D eigenvalue weighted by atomic mass is 16.3. The number of carbonyl (C=O) groups is 1. The van der Waals surface area contributed by atoms with E-state index in [0.29, 0.717) is 5.92 Å². The molecule has 0 aromatic carbocycles. The zero-order chi connectivity index (χ0) is 8.27. The second-order valence-corrected chi connectivity index (χ2v) is 2.76. The summed E-state index contributed by atoms with van der Waals surface area (Å²) in [5.41, 5.74) is 0. The number of nitrogens with one attached hydrogen (secondary N) is 1. The second-order valence-electron chi connectivity index (χ2n) is 2.76. The molecule has 0 aromatic rings. The summed E-state index contributed by atoms with van der Waals surface area (Å²) < 4.78 is 0. The van der Waals surface area contributed by atoms with Crippen LogP contribution in [0.4, 0.5) is 0 Å². The number of aliphatic hydroxyl groups is 1. The Hall–Kier alpha value is -1.01. The van der Waals surface area contributed by atoms with E-state index in [1.165, 1.54) is 0 Å². The highest BCUT2D eigenvalue weighted by Crippen LogP contribution is 2.32. The number of rotatable bonds is 3. The van der Waals surface area contributed by atoms with Crippen LogP contribution in [0, 0.1) is 18.3 Å². The topological polar surface area (TPSA) is 49.3 Å². The van der Waals surface area contributed by atoms with Gasteiger partial charge in [0, 0.05) is 6.54 Å². The van der Waals surface area contributed by atoms with Crippen molar-refractivity contribution in [2.75, 3.05) is 6.54 Å². The predicted octanol–water partition coefficient (Wildman–Crippen LogP) is -0.493. The molecule has 60 valence electrons. The Morgan fingerprint density at radius 2 is 2.45 bits per heavy atom. The summed E-state index contributed by atoms with van der Waals surface area (Å²) in [6, 6.07) is 0. The molecule has 0 bridgehead atoms. The summed E-state index contributed by atoms with van der Waals surface area (Å²) >= 11 is 0. The van der Waals surface area contributed by atoms with Crippen LogP contribution in [-0.4, -0.2) is 23.7 Å². The lowest BCUT2D eigenvalue weighted by Gasteiger charge is -2.07. The minimum absolute atomic E-state index is 0.285. The van der Waals surface area contributed by atoms with Gasteiger partial charge in [-0.1, -0.05) is 0 Å². The Morgan fingerprint density at radius 3 is 2.91 bits per heavy atom. The summed E-state index contributed by atoms with van der Waals surface area (Å²) in [7, 11) is 0. The van der Waals surface area contributed by atoms with Crippen LogP contribution in [0.15, 0.2) is 0 Å². The number of hydrogen-bond donors (Lipinski definition) is 2. The zero-order valence-electron chi connectivity index (χ0n) is 6.21. The van der Waals surface area contributed by atoms with E-state index in [0.717, 1.165) is 12.8 Å². The number of amides is 1. The first-order chi connectivity index (χ1) is 5.24. The molecule has 1 aliphatic rings. The van der Waals surface area contributed by atoms with E-state index in [-0.39, 0.29) is 6.54 Å². The van der Waals surface area contributed by atoms with Gasteiger partial charge < -0.3 is 10.4 Å². The minimum atomic E-state index is -0.454. The van der Waals surface area contributed by atoms with Gasteiger partial charge in [0.15, 0.2) is 0 Å². The van der Waals surface area contributed by atoms with E-state index < -0.39 is 12.0 Å². The quantitative estimate of drug-likeness (QED) is 0.537. The van der Waals surface area contributed by atoms with Gasteiger partial charge in [0.2, 0.25) is 0 Å². The largest absolute Gasteiger partial charge is 0.391 e. The third-order valence-electron chi connectivity index (χ3n) is 1.77. The molecule has 0 saturated heterocycles. The van der Waals surface area contributed by atoms with E-state index in [4.69, 9.17) is 6.42 Å². The molecule has 0 heterocycles. The van der Waals surface area contributed by atoms with E-state index in [1.807, 2.05) is 5.92 Å². The molecule has 2 N–H and O–H groups in total. The van der Waals surface area contributed by atoms with Crippen molar-refractivity contribution in [3.63, 3.8) is 0 Å². The lowest BCUT2D eigenvalue weighted by Crippen LogP contribution is -2.32. The van der Waals surface area contributed by atoms with E-state index in [1.54, 1.807) is 0 Å². The van der Waals surface area contributed by atoms with Gasteiger partial charge in [-0.2, -0.15) is 0 Å². The van der Waals surface area contributed by atoms with Crippen molar-refractivity contribution >= 4 is 5.91 Å². The molecule has 3 nitrogen and oxygen atoms in total. The molecule has 1 amide bonds. The first kappa shape index (κ1) is 8.09. The fraction of sp³-hybridized carbons (Fsp3) is 0.625. The van der Waals surface area contributed by atoms with Crippen molar-refractivity contribution in [3.8, 4) is 12.3 Å². The maximum Gasteiger partial charge on any atom is 0.295 e. The van der Waals surface area contributed by atoms with Crippen molar-refractivity contribution < 1.29 is 9.90 Å². The molecule has 0 radical (unpaired) electrons. The smallest absolute Gasteiger partial charge is 0.295 e. The molecule has 3 heteroatoms. The number of terminal acetylenes is 1. The summed E-state index contributed by atoms with van der Waals surface area (Å²) in [4.78, 5) is 10.5. The Balaban J connectivity index is 2.11. The number of hydrogen-bond acceptors (Lipinski definition) is 2. The van der Waals surface area contributed by atoms with Gasteiger partial charge in [-0.05, 0) is 24.7 Å². The van der Waals surface area contributed by atoms with Crippen molar-refractivity contribution in [1.29, 1.82) is 0 Å². The highest BCUT2D eigenvalue weighted by molar-refractivity contribution is 5.92. The summed E-state index contributed by atoms with van der Waals surface area (Å²) in [5.74, 6) is 1.85. The lowest BCUT2D eigenvalue weighted by atomic mass is 10.2. The predicted molar refractivity (Wildman–Crippen MR) is 40.6 cm³/mol. The third kappa shape index (κ3) is 2.60. The number of aliphatic hydroxyl groups excluding tert-OH is 1. The van der Waals surface area contributed by atoms with Crippen molar-refractivity contribution in [2.45, 2.75) is 18.9 Å². The molecule has 0 spiro atoms. The zero-order valence-corrected chi connectivity index (χ0v) is 6.21. The van der Waals surface area contributed by atoms with Crippen molar-refractivity contribution in [2.24, 2.45) is 5.92 Å². The molecule has 1 saturated carbocycles. The third-order valence-corrected chi connectivity index (χ3v) is 1.77. The number of carbonyl (C=O) groups excluding carboxylic acids is 1. The van der Waals surface area contributed by atoms with Crippen LogP contribution in [0.5, 0.6) is 0 Å². The van der Waals surface area contributed by atoms with Gasteiger partial charge in [-0.25, -0.2) is 0 Å². The van der Waals surface area contributed by atoms with Crippen LogP contribution in [0.2, 0.25) is 0 Å². The molecule has 11 heavy (non-hydrogen) atoms. The van der Waals surface area contributed by atoms with Crippen molar-refractivity contribution in [1.82, 2.24) is 5.32 Å². The molecule has 1 atom stereocenters. The standard InChI is InChI=1S/C8H11NO2/c1-2-8(11)9-5-7(10)6-3-4-6/h1,6-7,10H,3-5H2,(H,9,11). The van der Waals surface area contributed by atoms with Crippen LogP contribution in [-0.2, 0) is 4.79 Å². The van der Waals surface area contributed by atoms with Crippen LogP contribution < -0.4 is 5.32 Å². The Morgan fingerprint density at radius 1 is 1.82 bits per heavy atom. The summed E-state index contributed by atoms with van der Waals surface area (Å²) in [6.45, 7) is 0.285. The van der Waals surface area contributed by atoms with Gasteiger partial charge in [-0.3, -0.25) is 4.79 Å². The van der Waals surface area contributed by atoms with Gasteiger partial charge in [0.05, 0.1) is 6.10 Å². The van der Waals surface area contributed by atoms with Gasteiger partial charge in [0.25, 0.3) is 5.91 Å². The molecular weight excluding hydrogens is 142 g/mol. The maximum absolute atomic E-state index is 10.5. The monoisotopic (exact) mass is 153 g/mol. The minimum Gasteiger partial charge on any atom is -0.391 e. The van der Waals surface area contributed by atoms with Crippen molar-refractivity contribution in [3.05, 3.63) is 0 Å². The SMILES string of the molecule is C#CC(=O)NCC(O)C1CC1. The van der Waals surface area contributed by atoms with E-state index in [9.17, 15) is 9.90 Å². The summed E-state index contributed by atoms with van der Waals surface area (Å²) in [5, 5.41) is 11.7. The molecule has 1 rings (SSSR count). The van der Waals surface area contributed by atoms with Crippen LogP contribution in [0.25, 0.3) is 0 Å². The molecule has 0 aliphatic heterocycles. The summed E-state index contributed by atoms with van der Waals surface area (Å²) in [6.07, 6.45) is 6.52. The Bertz CT molecular complexity index is 191. The second kappa shape index (κ2) is 3.40. The van der Waals surface area contributed by atoms with Crippen LogP contribution in [0.3, 0.4) is 0 Å². The Labute approximate surface area is 65.8 Å². The van der Waals surface area contributed by atoms with Gasteiger partial charge >= 0.3 is 0 Å². The van der Waals surface area contributed by atoms with Gasteiger partial charge in [0.1, 0.15) is 0 Å². The van der Waals surface area contributed by atoms with Crippen LogP contribution in [0.1, 0.15) is 12.8 Å². The fourth-order valence-electron chi connectivity index (χ4n) is 0.896. The molecule has 1 unspecified atom stereocenters. The molecular formula is C8H11NO2.